The highest BCUT2D eigenvalue weighted by Gasteiger charge is 2.26. The van der Waals surface area contributed by atoms with Gasteiger partial charge in [-0.25, -0.2) is 17.8 Å². The summed E-state index contributed by atoms with van der Waals surface area (Å²) in [6.07, 6.45) is 3.29. The molecular weight excluding hydrogens is 377 g/mol. The fourth-order valence-corrected chi connectivity index (χ4v) is 4.39. The van der Waals surface area contributed by atoms with E-state index in [1.807, 2.05) is 24.3 Å². The van der Waals surface area contributed by atoms with Crippen LogP contribution in [-0.2, 0) is 17.1 Å². The summed E-state index contributed by atoms with van der Waals surface area (Å²) in [5.74, 6) is 0.0246. The maximum Gasteiger partial charge on any atom is 0.241 e. The number of imidazole rings is 1. The lowest BCUT2D eigenvalue weighted by atomic mass is 10.1. The third-order valence-corrected chi connectivity index (χ3v) is 6.02. The third-order valence-electron chi connectivity index (χ3n) is 4.60. The van der Waals surface area contributed by atoms with Crippen LogP contribution in [0.15, 0.2) is 84.0 Å². The Balaban J connectivity index is 1.77. The standard InChI is InChI=1S/C21H18FN3O2S/c1-25-12-11-23-21(25)20(17-7-4-8-18(22)13-17)24-28(26,27)19-10-9-15-5-2-3-6-16(15)14-19/h2-14,20,24H,1H3/t20-/m1/s1. The largest absolute Gasteiger partial charge is 0.336 e. The van der Waals surface area contributed by atoms with E-state index in [1.165, 1.54) is 12.1 Å². The first-order valence-corrected chi connectivity index (χ1v) is 10.2. The van der Waals surface area contributed by atoms with Gasteiger partial charge in [-0.05, 0) is 40.6 Å². The van der Waals surface area contributed by atoms with E-state index in [0.717, 1.165) is 10.8 Å². The molecule has 1 aromatic heterocycles. The van der Waals surface area contributed by atoms with Gasteiger partial charge in [0.25, 0.3) is 0 Å². The number of sulfonamides is 1. The summed E-state index contributed by atoms with van der Waals surface area (Å²) in [6, 6.07) is 17.5. The average Bonchev–Trinajstić information content (AvgIpc) is 3.11. The second-order valence-corrected chi connectivity index (χ2v) is 8.23. The Bertz CT molecular complexity index is 1250. The van der Waals surface area contributed by atoms with Crippen LogP contribution in [0, 0.1) is 5.82 Å². The van der Waals surface area contributed by atoms with Crippen LogP contribution in [0.4, 0.5) is 4.39 Å². The van der Waals surface area contributed by atoms with Gasteiger partial charge in [-0.3, -0.25) is 0 Å². The molecule has 4 aromatic rings. The second kappa shape index (κ2) is 7.18. The van der Waals surface area contributed by atoms with Crippen LogP contribution in [0.5, 0.6) is 0 Å². The maximum absolute atomic E-state index is 13.8. The molecule has 0 saturated heterocycles. The fourth-order valence-electron chi connectivity index (χ4n) is 3.17. The zero-order valence-corrected chi connectivity index (χ0v) is 15.9. The zero-order valence-electron chi connectivity index (χ0n) is 15.1. The minimum absolute atomic E-state index is 0.141. The quantitative estimate of drug-likeness (QED) is 0.559. The number of hydrogen-bond acceptors (Lipinski definition) is 3. The van der Waals surface area contributed by atoms with Gasteiger partial charge in [0.05, 0.1) is 4.90 Å². The number of aryl methyl sites for hydroxylation is 1. The second-order valence-electron chi connectivity index (χ2n) is 6.51. The van der Waals surface area contributed by atoms with Crippen LogP contribution in [0.3, 0.4) is 0 Å². The van der Waals surface area contributed by atoms with E-state index in [4.69, 9.17) is 0 Å². The normalized spacial score (nSPS) is 12.9. The number of halogens is 1. The predicted molar refractivity (Wildman–Crippen MR) is 106 cm³/mol. The SMILES string of the molecule is Cn1ccnc1[C@H](NS(=O)(=O)c1ccc2ccccc2c1)c1cccc(F)c1. The van der Waals surface area contributed by atoms with E-state index in [1.54, 1.807) is 54.3 Å². The average molecular weight is 395 g/mol. The smallest absolute Gasteiger partial charge is 0.241 e. The topological polar surface area (TPSA) is 64.0 Å². The molecule has 1 N–H and O–H groups in total. The van der Waals surface area contributed by atoms with E-state index < -0.39 is 21.9 Å². The summed E-state index contributed by atoms with van der Waals surface area (Å²) in [7, 11) is -2.12. The first-order valence-electron chi connectivity index (χ1n) is 8.68. The van der Waals surface area contributed by atoms with Crippen molar-refractivity contribution in [2.24, 2.45) is 7.05 Å². The van der Waals surface area contributed by atoms with Crippen LogP contribution in [0.25, 0.3) is 10.8 Å². The third kappa shape index (κ3) is 3.54. The molecule has 3 aromatic carbocycles. The monoisotopic (exact) mass is 395 g/mol. The molecule has 0 radical (unpaired) electrons. The lowest BCUT2D eigenvalue weighted by Crippen LogP contribution is -2.31. The van der Waals surface area contributed by atoms with E-state index in [-0.39, 0.29) is 4.90 Å². The number of hydrogen-bond donors (Lipinski definition) is 1. The highest BCUT2D eigenvalue weighted by molar-refractivity contribution is 7.89. The summed E-state index contributed by atoms with van der Waals surface area (Å²) in [5.41, 5.74) is 0.471. The molecule has 1 atom stereocenters. The lowest BCUT2D eigenvalue weighted by molar-refractivity contribution is 0.560. The summed E-state index contributed by atoms with van der Waals surface area (Å²) in [6.45, 7) is 0. The van der Waals surface area contributed by atoms with Crippen molar-refractivity contribution in [2.45, 2.75) is 10.9 Å². The van der Waals surface area contributed by atoms with E-state index >= 15 is 0 Å². The van der Waals surface area contributed by atoms with Gasteiger partial charge in [0.2, 0.25) is 10.0 Å². The van der Waals surface area contributed by atoms with Crippen molar-refractivity contribution in [2.75, 3.05) is 0 Å². The molecule has 0 aliphatic heterocycles. The molecular formula is C21H18FN3O2S. The van der Waals surface area contributed by atoms with Crippen molar-refractivity contribution in [3.63, 3.8) is 0 Å². The van der Waals surface area contributed by atoms with Gasteiger partial charge < -0.3 is 4.57 Å². The van der Waals surface area contributed by atoms with Crippen molar-refractivity contribution < 1.29 is 12.8 Å². The Hall–Kier alpha value is -3.03. The van der Waals surface area contributed by atoms with Crippen LogP contribution in [0.2, 0.25) is 0 Å². The van der Waals surface area contributed by atoms with E-state index in [0.29, 0.717) is 11.4 Å². The first kappa shape index (κ1) is 18.3. The van der Waals surface area contributed by atoms with Crippen molar-refractivity contribution in [1.82, 2.24) is 14.3 Å². The van der Waals surface area contributed by atoms with Gasteiger partial charge in [-0.2, -0.15) is 4.72 Å². The Morgan fingerprint density at radius 2 is 1.79 bits per heavy atom. The van der Waals surface area contributed by atoms with Crippen LogP contribution >= 0.6 is 0 Å². The number of nitrogens with zero attached hydrogens (tertiary/aromatic N) is 2. The summed E-state index contributed by atoms with van der Waals surface area (Å²) >= 11 is 0. The molecule has 4 rings (SSSR count). The molecule has 142 valence electrons. The minimum atomic E-state index is -3.88. The Kier molecular flexibility index (Phi) is 4.70. The Morgan fingerprint density at radius 1 is 1.00 bits per heavy atom. The molecule has 5 nitrogen and oxygen atoms in total. The van der Waals surface area contributed by atoms with Crippen LogP contribution < -0.4 is 4.72 Å². The van der Waals surface area contributed by atoms with Gasteiger partial charge in [0.15, 0.2) is 0 Å². The molecule has 0 amide bonds. The summed E-state index contributed by atoms with van der Waals surface area (Å²) < 4.78 is 44.4. The number of aromatic nitrogens is 2. The summed E-state index contributed by atoms with van der Waals surface area (Å²) in [5, 5.41) is 1.77. The van der Waals surface area contributed by atoms with Crippen molar-refractivity contribution in [1.29, 1.82) is 0 Å². The van der Waals surface area contributed by atoms with Gasteiger partial charge in [-0.15, -0.1) is 0 Å². The molecule has 0 unspecified atom stereocenters. The molecule has 0 aliphatic carbocycles. The zero-order chi connectivity index (χ0) is 19.7. The van der Waals surface area contributed by atoms with Gasteiger partial charge >= 0.3 is 0 Å². The molecule has 0 aliphatic rings. The van der Waals surface area contributed by atoms with Gasteiger partial charge in [-0.1, -0.05) is 42.5 Å². The number of benzene rings is 3. The molecule has 7 heteroatoms. The minimum Gasteiger partial charge on any atom is -0.336 e. The van der Waals surface area contributed by atoms with Crippen LogP contribution in [0.1, 0.15) is 17.4 Å². The maximum atomic E-state index is 13.8. The molecule has 0 bridgehead atoms. The molecule has 0 fully saturated rings. The van der Waals surface area contributed by atoms with Crippen molar-refractivity contribution >= 4 is 20.8 Å². The molecule has 0 saturated carbocycles. The van der Waals surface area contributed by atoms with Gasteiger partial charge in [0.1, 0.15) is 17.7 Å². The molecule has 1 heterocycles. The lowest BCUT2D eigenvalue weighted by Gasteiger charge is -2.19. The molecule has 28 heavy (non-hydrogen) atoms. The van der Waals surface area contributed by atoms with Crippen molar-refractivity contribution in [3.8, 4) is 0 Å². The number of nitrogens with one attached hydrogen (secondary N) is 1. The van der Waals surface area contributed by atoms with Crippen molar-refractivity contribution in [3.05, 3.63) is 96.3 Å². The Labute approximate surface area is 162 Å². The number of fused-ring (bicyclic) bond motifs is 1. The molecule has 0 spiro atoms. The van der Waals surface area contributed by atoms with Gasteiger partial charge in [0, 0.05) is 19.4 Å². The fraction of sp³-hybridized carbons (Fsp3) is 0.0952. The number of rotatable bonds is 5. The highest BCUT2D eigenvalue weighted by Crippen LogP contribution is 2.25. The Morgan fingerprint density at radius 3 is 2.50 bits per heavy atom. The predicted octanol–water partition coefficient (Wildman–Crippen LogP) is 3.78. The summed E-state index contributed by atoms with van der Waals surface area (Å²) in [4.78, 5) is 4.40. The van der Waals surface area contributed by atoms with Crippen LogP contribution in [-0.4, -0.2) is 18.0 Å². The van der Waals surface area contributed by atoms with E-state index in [9.17, 15) is 12.8 Å². The first-order chi connectivity index (χ1) is 13.4. The van der Waals surface area contributed by atoms with E-state index in [2.05, 4.69) is 9.71 Å². The highest BCUT2D eigenvalue weighted by atomic mass is 32.2.